The summed E-state index contributed by atoms with van der Waals surface area (Å²) in [6.07, 6.45) is 3.16. The predicted molar refractivity (Wildman–Crippen MR) is 93.5 cm³/mol. The van der Waals surface area contributed by atoms with Crippen molar-refractivity contribution in [1.29, 1.82) is 0 Å². The van der Waals surface area contributed by atoms with Crippen molar-refractivity contribution >= 4 is 18.2 Å². The Hall–Kier alpha value is -2.95. The average molecular weight is 327 g/mol. The number of nitrogens with two attached hydrogens (primary N) is 1. The van der Waals surface area contributed by atoms with Gasteiger partial charge < -0.3 is 20.3 Å². The summed E-state index contributed by atoms with van der Waals surface area (Å²) in [5, 5.41) is 10.2. The van der Waals surface area contributed by atoms with Gasteiger partial charge in [0.2, 0.25) is 0 Å². The lowest BCUT2D eigenvalue weighted by atomic mass is 10.0. The predicted octanol–water partition coefficient (Wildman–Crippen LogP) is 2.96. The number of hydrogen-bond donors (Lipinski definition) is 2. The largest absolute Gasteiger partial charge is 0.507 e. The number of hydrogen-bond acceptors (Lipinski definition) is 5. The maximum absolute atomic E-state index is 10.2. The van der Waals surface area contributed by atoms with Gasteiger partial charge in [0, 0.05) is 11.3 Å². The highest BCUT2D eigenvalue weighted by atomic mass is 16.5. The highest BCUT2D eigenvalue weighted by Gasteiger charge is 2.04. The fourth-order valence-corrected chi connectivity index (χ4v) is 2.31. The topological polar surface area (TPSA) is 81.8 Å². The van der Waals surface area contributed by atoms with E-state index in [2.05, 4.69) is 4.74 Å². The molecule has 24 heavy (non-hydrogen) atoms. The second-order valence-corrected chi connectivity index (χ2v) is 5.29. The lowest BCUT2D eigenvalue weighted by molar-refractivity contribution is -0.128. The molecule has 0 fully saturated rings. The van der Waals surface area contributed by atoms with Gasteiger partial charge in [0.05, 0.1) is 13.7 Å². The molecule has 0 aliphatic carbocycles. The molecule has 0 aliphatic rings. The summed E-state index contributed by atoms with van der Waals surface area (Å²) < 4.78 is 9.77. The molecule has 2 rings (SSSR count). The summed E-state index contributed by atoms with van der Waals surface area (Å²) in [5.41, 5.74) is 9.13. The van der Waals surface area contributed by atoms with Gasteiger partial charge in [-0.1, -0.05) is 12.1 Å². The number of aromatic hydroxyl groups is 1. The fourth-order valence-electron chi connectivity index (χ4n) is 2.31. The quantitative estimate of drug-likeness (QED) is 0.442. The Labute approximate surface area is 141 Å². The van der Waals surface area contributed by atoms with Crippen molar-refractivity contribution in [3.8, 4) is 11.5 Å². The Morgan fingerprint density at radius 2 is 1.96 bits per heavy atom. The molecule has 5 heteroatoms. The van der Waals surface area contributed by atoms with Gasteiger partial charge in [-0.15, -0.1) is 0 Å². The van der Waals surface area contributed by atoms with Crippen LogP contribution in [0.5, 0.6) is 11.5 Å². The normalized spacial score (nSPS) is 11.1. The third-order valence-electron chi connectivity index (χ3n) is 3.62. The lowest BCUT2D eigenvalue weighted by Crippen LogP contribution is -1.97. The molecule has 0 saturated carbocycles. The third-order valence-corrected chi connectivity index (χ3v) is 3.62. The minimum Gasteiger partial charge on any atom is -0.507 e. The number of rotatable bonds is 8. The number of benzene rings is 2. The van der Waals surface area contributed by atoms with Crippen LogP contribution in [0.4, 0.5) is 0 Å². The number of phenols is 1. The minimum atomic E-state index is 0.167. The Morgan fingerprint density at radius 3 is 2.58 bits per heavy atom. The molecule has 0 saturated heterocycles. The standard InChI is InChI=1S/C19H21NO4/c1-23-17-8-6-15(7-9-17)18(20)12-16-5-4-14(11-19(16)22)3-2-10-24-13-21/h4-9,11-13,22H,2-3,10,20H2,1H3/b18-12-. The van der Waals surface area contributed by atoms with Crippen molar-refractivity contribution in [3.05, 3.63) is 59.2 Å². The zero-order valence-electron chi connectivity index (χ0n) is 13.6. The van der Waals surface area contributed by atoms with Crippen LogP contribution in [0.15, 0.2) is 42.5 Å². The molecule has 0 atom stereocenters. The first-order chi connectivity index (χ1) is 11.6. The first-order valence-electron chi connectivity index (χ1n) is 7.63. The van der Waals surface area contributed by atoms with Crippen LogP contribution < -0.4 is 10.5 Å². The van der Waals surface area contributed by atoms with Gasteiger partial charge >= 0.3 is 0 Å². The van der Waals surface area contributed by atoms with Crippen molar-refractivity contribution in [3.63, 3.8) is 0 Å². The van der Waals surface area contributed by atoms with Gasteiger partial charge in [-0.25, -0.2) is 0 Å². The summed E-state index contributed by atoms with van der Waals surface area (Å²) in [4.78, 5) is 10.1. The molecule has 2 aromatic rings. The number of carbonyl (C=O) groups excluding carboxylic acids is 1. The number of ether oxygens (including phenoxy) is 2. The number of carbonyl (C=O) groups is 1. The summed E-state index contributed by atoms with van der Waals surface area (Å²) >= 11 is 0. The van der Waals surface area contributed by atoms with Gasteiger partial charge in [-0.05, 0) is 60.4 Å². The van der Waals surface area contributed by atoms with Crippen molar-refractivity contribution < 1.29 is 19.4 Å². The first kappa shape index (κ1) is 17.4. The number of aryl methyl sites for hydroxylation is 1. The zero-order chi connectivity index (χ0) is 17.4. The van der Waals surface area contributed by atoms with E-state index in [1.54, 1.807) is 19.3 Å². The maximum Gasteiger partial charge on any atom is 0.293 e. The van der Waals surface area contributed by atoms with Gasteiger partial charge in [0.25, 0.3) is 6.47 Å². The smallest absolute Gasteiger partial charge is 0.293 e. The summed E-state index contributed by atoms with van der Waals surface area (Å²) in [5.74, 6) is 0.928. The van der Waals surface area contributed by atoms with Crippen LogP contribution in [0.3, 0.4) is 0 Å². The van der Waals surface area contributed by atoms with Crippen molar-refractivity contribution in [2.24, 2.45) is 5.73 Å². The zero-order valence-corrected chi connectivity index (χ0v) is 13.6. The van der Waals surface area contributed by atoms with Crippen LogP contribution in [0.2, 0.25) is 0 Å². The highest BCUT2D eigenvalue weighted by molar-refractivity contribution is 5.81. The van der Waals surface area contributed by atoms with E-state index < -0.39 is 0 Å². The molecule has 0 bridgehead atoms. The van der Waals surface area contributed by atoms with Gasteiger partial charge in [0.1, 0.15) is 11.5 Å². The number of methoxy groups -OCH3 is 1. The lowest BCUT2D eigenvalue weighted by Gasteiger charge is -2.07. The van der Waals surface area contributed by atoms with E-state index in [4.69, 9.17) is 10.5 Å². The SMILES string of the molecule is COc1ccc(/C(N)=C/c2ccc(CCCOC=O)cc2O)cc1. The first-order valence-corrected chi connectivity index (χ1v) is 7.63. The average Bonchev–Trinajstić information content (AvgIpc) is 2.61. The molecule has 0 radical (unpaired) electrons. The molecule has 0 unspecified atom stereocenters. The second-order valence-electron chi connectivity index (χ2n) is 5.29. The minimum absolute atomic E-state index is 0.167. The van der Waals surface area contributed by atoms with E-state index in [1.165, 1.54) is 0 Å². The molecular weight excluding hydrogens is 306 g/mol. The van der Waals surface area contributed by atoms with Crippen LogP contribution in [0, 0.1) is 0 Å². The molecule has 5 nitrogen and oxygen atoms in total. The summed E-state index contributed by atoms with van der Waals surface area (Å²) in [6, 6.07) is 12.8. The molecule has 2 aromatic carbocycles. The van der Waals surface area contributed by atoms with Crippen LogP contribution in [-0.4, -0.2) is 25.3 Å². The monoisotopic (exact) mass is 327 g/mol. The van der Waals surface area contributed by atoms with E-state index in [-0.39, 0.29) is 5.75 Å². The third kappa shape index (κ3) is 4.78. The van der Waals surface area contributed by atoms with E-state index in [0.717, 1.165) is 23.3 Å². The van der Waals surface area contributed by atoms with Crippen LogP contribution in [0.1, 0.15) is 23.1 Å². The Kier molecular flexibility index (Phi) is 6.25. The van der Waals surface area contributed by atoms with Gasteiger partial charge in [-0.2, -0.15) is 0 Å². The van der Waals surface area contributed by atoms with E-state index in [0.29, 0.717) is 30.8 Å². The van der Waals surface area contributed by atoms with Crippen molar-refractivity contribution in [1.82, 2.24) is 0 Å². The highest BCUT2D eigenvalue weighted by Crippen LogP contribution is 2.24. The van der Waals surface area contributed by atoms with Gasteiger partial charge in [-0.3, -0.25) is 4.79 Å². The van der Waals surface area contributed by atoms with Crippen molar-refractivity contribution in [2.45, 2.75) is 12.8 Å². The molecule has 0 spiro atoms. The van der Waals surface area contributed by atoms with Crippen LogP contribution in [0.25, 0.3) is 11.8 Å². The van der Waals surface area contributed by atoms with Gasteiger partial charge in [0.15, 0.2) is 0 Å². The molecule has 126 valence electrons. The number of phenolic OH excluding ortho intramolecular Hbond substituents is 1. The Morgan fingerprint density at radius 1 is 1.21 bits per heavy atom. The Bertz CT molecular complexity index is 708. The van der Waals surface area contributed by atoms with E-state index in [9.17, 15) is 9.90 Å². The molecule has 3 N–H and O–H groups in total. The molecular formula is C19H21NO4. The van der Waals surface area contributed by atoms with Crippen LogP contribution >= 0.6 is 0 Å². The Balaban J connectivity index is 2.08. The second kappa shape index (κ2) is 8.62. The van der Waals surface area contributed by atoms with Crippen LogP contribution in [-0.2, 0) is 16.0 Å². The maximum atomic E-state index is 10.2. The summed E-state index contributed by atoms with van der Waals surface area (Å²) in [6.45, 7) is 0.809. The molecule has 0 amide bonds. The molecule has 0 aromatic heterocycles. The fraction of sp³-hybridized carbons (Fsp3) is 0.211. The van der Waals surface area contributed by atoms with E-state index in [1.807, 2.05) is 36.4 Å². The van der Waals surface area contributed by atoms with Crippen molar-refractivity contribution in [2.75, 3.05) is 13.7 Å². The molecule has 0 heterocycles. The summed E-state index contributed by atoms with van der Waals surface area (Å²) in [7, 11) is 1.61. The van der Waals surface area contributed by atoms with E-state index >= 15 is 0 Å². The molecule has 0 aliphatic heterocycles.